The molecule has 1 heterocycles. The molecule has 2 bridgehead atoms. The summed E-state index contributed by atoms with van der Waals surface area (Å²) in [7, 11) is 0. The van der Waals surface area contributed by atoms with Gasteiger partial charge in [0.2, 0.25) is 0 Å². The molecule has 3 rings (SSSR count). The van der Waals surface area contributed by atoms with Crippen molar-refractivity contribution in [2.24, 2.45) is 23.7 Å². The van der Waals surface area contributed by atoms with E-state index < -0.39 is 0 Å². The van der Waals surface area contributed by atoms with Crippen LogP contribution >= 0.6 is 11.6 Å². The van der Waals surface area contributed by atoms with Gasteiger partial charge in [0.25, 0.3) is 0 Å². The third-order valence-electron chi connectivity index (χ3n) is 5.21. The van der Waals surface area contributed by atoms with Crippen molar-refractivity contribution in [3.63, 3.8) is 0 Å². The van der Waals surface area contributed by atoms with Gasteiger partial charge in [0, 0.05) is 11.8 Å². The zero-order valence-corrected chi connectivity index (χ0v) is 14.3. The number of allylic oxidation sites excluding steroid dienone is 1. The van der Waals surface area contributed by atoms with Gasteiger partial charge in [-0.3, -0.25) is 4.79 Å². The third kappa shape index (κ3) is 3.31. The maximum atomic E-state index is 11.5. The molecule has 0 N–H and O–H groups in total. The van der Waals surface area contributed by atoms with Crippen LogP contribution in [0.2, 0.25) is 0 Å². The number of fused-ring (bicyclic) bond motifs is 2. The van der Waals surface area contributed by atoms with E-state index in [1.165, 1.54) is 11.1 Å². The molecule has 1 saturated heterocycles. The van der Waals surface area contributed by atoms with Crippen molar-refractivity contribution in [1.29, 1.82) is 0 Å². The van der Waals surface area contributed by atoms with Crippen molar-refractivity contribution in [3.05, 3.63) is 47.5 Å². The lowest BCUT2D eigenvalue weighted by molar-refractivity contribution is -0.152. The van der Waals surface area contributed by atoms with Crippen LogP contribution in [0.3, 0.4) is 0 Å². The number of esters is 1. The maximum Gasteiger partial charge on any atom is 0.320 e. The van der Waals surface area contributed by atoms with Crippen molar-refractivity contribution in [1.82, 2.24) is 0 Å². The number of ether oxygens (including phenoxy) is 2. The van der Waals surface area contributed by atoms with Gasteiger partial charge in [0.15, 0.2) is 0 Å². The van der Waals surface area contributed by atoms with Crippen molar-refractivity contribution in [2.45, 2.75) is 20.0 Å². The van der Waals surface area contributed by atoms with Gasteiger partial charge in [-0.05, 0) is 24.3 Å². The van der Waals surface area contributed by atoms with Crippen LogP contribution < -0.4 is 0 Å². The Hall–Kier alpha value is -1.32. The predicted molar refractivity (Wildman–Crippen MR) is 90.2 cm³/mol. The van der Waals surface area contributed by atoms with Crippen LogP contribution in [0.5, 0.6) is 0 Å². The van der Waals surface area contributed by atoms with Gasteiger partial charge < -0.3 is 9.47 Å². The highest BCUT2D eigenvalue weighted by Crippen LogP contribution is 2.49. The second-order valence-corrected chi connectivity index (χ2v) is 6.87. The molecule has 3 nitrogen and oxygen atoms in total. The van der Waals surface area contributed by atoms with Crippen molar-refractivity contribution in [2.75, 3.05) is 19.1 Å². The highest BCUT2D eigenvalue weighted by molar-refractivity contribution is 6.26. The van der Waals surface area contributed by atoms with Gasteiger partial charge in [-0.25, -0.2) is 0 Å². The molecule has 124 valence electrons. The van der Waals surface area contributed by atoms with E-state index in [1.54, 1.807) is 0 Å². The summed E-state index contributed by atoms with van der Waals surface area (Å²) in [4.78, 5) is 11.5. The molecular formula is C19H23ClO3. The third-order valence-corrected chi connectivity index (χ3v) is 5.42. The summed E-state index contributed by atoms with van der Waals surface area (Å²) in [6.07, 6.45) is 2.38. The number of halogens is 1. The molecule has 0 spiro atoms. The van der Waals surface area contributed by atoms with Crippen LogP contribution in [0.4, 0.5) is 0 Å². The van der Waals surface area contributed by atoms with Gasteiger partial charge in [-0.1, -0.05) is 48.9 Å². The van der Waals surface area contributed by atoms with Gasteiger partial charge in [-0.15, -0.1) is 11.6 Å². The number of carbonyl (C=O) groups is 1. The maximum absolute atomic E-state index is 11.5. The zero-order chi connectivity index (χ0) is 16.4. The Kier molecular flexibility index (Phi) is 5.08. The average Bonchev–Trinajstić information content (AvgIpc) is 2.58. The average molecular weight is 335 g/mol. The first kappa shape index (κ1) is 16.5. The highest BCUT2D eigenvalue weighted by atomic mass is 35.5. The normalized spacial score (nSPS) is 33.0. The molecule has 5 atom stereocenters. The number of alkyl halides is 1. The summed E-state index contributed by atoms with van der Waals surface area (Å²) in [6, 6.07) is 10.3. The van der Waals surface area contributed by atoms with Gasteiger partial charge in [-0.2, -0.15) is 0 Å². The number of benzene rings is 1. The Morgan fingerprint density at radius 2 is 2.09 bits per heavy atom. The summed E-state index contributed by atoms with van der Waals surface area (Å²) in [5, 5.41) is 0. The fourth-order valence-electron chi connectivity index (χ4n) is 4.10. The Morgan fingerprint density at radius 1 is 1.35 bits per heavy atom. The van der Waals surface area contributed by atoms with Gasteiger partial charge in [0.1, 0.15) is 5.88 Å². The first-order valence-electron chi connectivity index (χ1n) is 8.18. The number of hydrogen-bond acceptors (Lipinski definition) is 3. The first-order valence-corrected chi connectivity index (χ1v) is 8.71. The van der Waals surface area contributed by atoms with E-state index >= 15 is 0 Å². The van der Waals surface area contributed by atoms with E-state index in [0.29, 0.717) is 25.0 Å². The van der Waals surface area contributed by atoms with E-state index in [1.807, 2.05) is 18.2 Å². The van der Waals surface area contributed by atoms with Crippen molar-refractivity contribution < 1.29 is 14.3 Å². The molecule has 4 heteroatoms. The molecule has 0 saturated carbocycles. The number of carbonyl (C=O) groups excluding carboxylic acids is 1. The molecule has 1 aromatic rings. The second kappa shape index (κ2) is 7.06. The fourth-order valence-corrected chi connectivity index (χ4v) is 4.18. The molecule has 0 radical (unpaired) electrons. The lowest BCUT2D eigenvalue weighted by Crippen LogP contribution is -2.46. The minimum atomic E-state index is -0.346. The fraction of sp³-hybridized carbons (Fsp3) is 0.526. The SMILES string of the molecule is CC1=CC(C)C2COC(c3ccccc3)C1C2COC(=O)CCl. The molecule has 0 amide bonds. The second-order valence-electron chi connectivity index (χ2n) is 6.60. The predicted octanol–water partition coefficient (Wildman–Crippen LogP) is 3.98. The molecule has 5 unspecified atom stereocenters. The molecule has 2 aliphatic rings. The largest absolute Gasteiger partial charge is 0.464 e. The topological polar surface area (TPSA) is 35.5 Å². The molecule has 0 aromatic heterocycles. The van der Waals surface area contributed by atoms with E-state index in [9.17, 15) is 4.79 Å². The molecule has 1 aliphatic heterocycles. The molecular weight excluding hydrogens is 312 g/mol. The van der Waals surface area contributed by atoms with Gasteiger partial charge >= 0.3 is 5.97 Å². The Bertz CT molecular complexity index is 584. The van der Waals surface area contributed by atoms with E-state index in [4.69, 9.17) is 21.1 Å². The molecule has 1 fully saturated rings. The highest BCUT2D eigenvalue weighted by Gasteiger charge is 2.46. The molecule has 23 heavy (non-hydrogen) atoms. The summed E-state index contributed by atoms with van der Waals surface area (Å²) in [5.74, 6) is 0.901. The lowest BCUT2D eigenvalue weighted by Gasteiger charge is -2.48. The van der Waals surface area contributed by atoms with Crippen LogP contribution in [-0.4, -0.2) is 25.1 Å². The van der Waals surface area contributed by atoms with E-state index in [-0.39, 0.29) is 29.8 Å². The smallest absolute Gasteiger partial charge is 0.320 e. The Balaban J connectivity index is 1.88. The first-order chi connectivity index (χ1) is 11.1. The van der Waals surface area contributed by atoms with Crippen molar-refractivity contribution >= 4 is 17.6 Å². The summed E-state index contributed by atoms with van der Waals surface area (Å²) in [5.41, 5.74) is 2.51. The molecule has 1 aliphatic carbocycles. The summed E-state index contributed by atoms with van der Waals surface area (Å²) in [6.45, 7) is 5.50. The van der Waals surface area contributed by atoms with Crippen LogP contribution in [0.1, 0.15) is 25.5 Å². The zero-order valence-electron chi connectivity index (χ0n) is 13.6. The quantitative estimate of drug-likeness (QED) is 0.474. The minimum absolute atomic E-state index is 0.0240. The number of hydrogen-bond donors (Lipinski definition) is 0. The van der Waals surface area contributed by atoms with Crippen LogP contribution in [0, 0.1) is 23.7 Å². The lowest BCUT2D eigenvalue weighted by atomic mass is 9.64. The van der Waals surface area contributed by atoms with Crippen LogP contribution in [0.25, 0.3) is 0 Å². The summed E-state index contributed by atoms with van der Waals surface area (Å²) < 4.78 is 11.6. The Labute approximate surface area is 142 Å². The van der Waals surface area contributed by atoms with Gasteiger partial charge in [0.05, 0.1) is 19.3 Å². The number of rotatable bonds is 4. The molecule has 1 aromatic carbocycles. The Morgan fingerprint density at radius 3 is 2.78 bits per heavy atom. The summed E-state index contributed by atoms with van der Waals surface area (Å²) >= 11 is 5.56. The van der Waals surface area contributed by atoms with E-state index in [0.717, 1.165) is 0 Å². The standard InChI is InChI=1S/C19H23ClO3/c1-12-8-13(2)18-16(11-22-17(21)9-20)15(12)10-23-19(18)14-6-4-3-5-7-14/h3-8,12,15-16,18-19H,9-11H2,1-2H3. The monoisotopic (exact) mass is 334 g/mol. The van der Waals surface area contributed by atoms with Crippen LogP contribution in [-0.2, 0) is 14.3 Å². The minimum Gasteiger partial charge on any atom is -0.464 e. The van der Waals surface area contributed by atoms with Crippen molar-refractivity contribution in [3.8, 4) is 0 Å². The van der Waals surface area contributed by atoms with Crippen LogP contribution in [0.15, 0.2) is 42.0 Å². The van der Waals surface area contributed by atoms with E-state index in [2.05, 4.69) is 32.1 Å².